The standard InChI is InChI=1S/C13H14F3N3O/c1-3-5-8(4-2)18-12-9(11(17)20)6-7-10(19-12)13(14,15)16/h2,6-8H,3,5H2,1H3,(H2,17,20)(H,18,19). The van der Waals surface area contributed by atoms with Gasteiger partial charge in [0.15, 0.2) is 0 Å². The molecular formula is C13H14F3N3O. The van der Waals surface area contributed by atoms with E-state index in [-0.39, 0.29) is 11.4 Å². The molecule has 0 aliphatic heterocycles. The number of carbonyl (C=O) groups is 1. The molecule has 1 heterocycles. The van der Waals surface area contributed by atoms with Gasteiger partial charge in [-0.3, -0.25) is 4.79 Å². The Morgan fingerprint density at radius 1 is 1.55 bits per heavy atom. The van der Waals surface area contributed by atoms with Crippen LogP contribution >= 0.6 is 0 Å². The first-order valence-corrected chi connectivity index (χ1v) is 5.90. The average molecular weight is 285 g/mol. The van der Waals surface area contributed by atoms with Gasteiger partial charge in [-0.05, 0) is 18.6 Å². The van der Waals surface area contributed by atoms with Crippen molar-refractivity contribution in [3.8, 4) is 12.3 Å². The van der Waals surface area contributed by atoms with E-state index in [1.807, 2.05) is 6.92 Å². The number of hydrogen-bond donors (Lipinski definition) is 2. The number of carbonyl (C=O) groups excluding carboxylic acids is 1. The SMILES string of the molecule is C#CC(CCC)Nc1nc(C(F)(F)F)ccc1C(N)=O. The van der Waals surface area contributed by atoms with E-state index >= 15 is 0 Å². The molecular weight excluding hydrogens is 271 g/mol. The minimum Gasteiger partial charge on any atom is -0.365 e. The number of rotatable bonds is 5. The van der Waals surface area contributed by atoms with Gasteiger partial charge in [-0.25, -0.2) is 4.98 Å². The number of hydrogen-bond acceptors (Lipinski definition) is 3. The van der Waals surface area contributed by atoms with Crippen LogP contribution in [0, 0.1) is 12.3 Å². The Morgan fingerprint density at radius 3 is 2.65 bits per heavy atom. The second kappa shape index (κ2) is 6.28. The van der Waals surface area contributed by atoms with E-state index in [9.17, 15) is 18.0 Å². The molecule has 3 N–H and O–H groups in total. The van der Waals surface area contributed by atoms with Crippen LogP contribution < -0.4 is 11.1 Å². The van der Waals surface area contributed by atoms with Gasteiger partial charge in [-0.1, -0.05) is 19.3 Å². The van der Waals surface area contributed by atoms with Crippen LogP contribution in [-0.4, -0.2) is 16.9 Å². The number of nitrogens with zero attached hydrogens (tertiary/aromatic N) is 1. The van der Waals surface area contributed by atoms with Gasteiger partial charge in [0.2, 0.25) is 0 Å². The van der Waals surface area contributed by atoms with E-state index in [2.05, 4.69) is 16.2 Å². The van der Waals surface area contributed by atoms with Gasteiger partial charge < -0.3 is 11.1 Å². The maximum atomic E-state index is 12.6. The van der Waals surface area contributed by atoms with Crippen LogP contribution in [-0.2, 0) is 6.18 Å². The van der Waals surface area contributed by atoms with Gasteiger partial charge in [0, 0.05) is 0 Å². The minimum absolute atomic E-state index is 0.130. The number of primary amides is 1. The molecule has 0 bridgehead atoms. The van der Waals surface area contributed by atoms with E-state index in [4.69, 9.17) is 12.2 Å². The molecule has 0 fully saturated rings. The zero-order chi connectivity index (χ0) is 15.3. The van der Waals surface area contributed by atoms with Crippen molar-refractivity contribution >= 4 is 11.7 Å². The third kappa shape index (κ3) is 3.88. The molecule has 1 unspecified atom stereocenters. The average Bonchev–Trinajstić information content (AvgIpc) is 2.36. The first kappa shape index (κ1) is 15.8. The van der Waals surface area contributed by atoms with E-state index in [1.54, 1.807) is 0 Å². The Bertz CT molecular complexity index is 535. The molecule has 0 aliphatic rings. The summed E-state index contributed by atoms with van der Waals surface area (Å²) in [4.78, 5) is 14.6. The summed E-state index contributed by atoms with van der Waals surface area (Å²) in [5, 5.41) is 2.64. The van der Waals surface area contributed by atoms with Crippen molar-refractivity contribution in [2.45, 2.75) is 32.0 Å². The lowest BCUT2D eigenvalue weighted by atomic mass is 10.1. The quantitative estimate of drug-likeness (QED) is 0.816. The Balaban J connectivity index is 3.19. The minimum atomic E-state index is -4.61. The van der Waals surface area contributed by atoms with Gasteiger partial charge in [0.05, 0.1) is 11.6 Å². The summed E-state index contributed by atoms with van der Waals surface area (Å²) in [6.45, 7) is 1.88. The second-order valence-electron chi connectivity index (χ2n) is 4.11. The lowest BCUT2D eigenvalue weighted by molar-refractivity contribution is -0.141. The van der Waals surface area contributed by atoms with Crippen molar-refractivity contribution in [3.05, 3.63) is 23.4 Å². The van der Waals surface area contributed by atoms with Crippen molar-refractivity contribution in [1.29, 1.82) is 0 Å². The van der Waals surface area contributed by atoms with Gasteiger partial charge in [0.1, 0.15) is 11.5 Å². The molecule has 4 nitrogen and oxygen atoms in total. The molecule has 1 aromatic rings. The highest BCUT2D eigenvalue weighted by molar-refractivity contribution is 5.97. The molecule has 0 spiro atoms. The van der Waals surface area contributed by atoms with Crippen LogP contribution in [0.5, 0.6) is 0 Å². The summed E-state index contributed by atoms with van der Waals surface area (Å²) in [5.41, 5.74) is 3.87. The maximum absolute atomic E-state index is 12.6. The van der Waals surface area contributed by atoms with Crippen molar-refractivity contribution in [2.75, 3.05) is 5.32 Å². The van der Waals surface area contributed by atoms with Crippen molar-refractivity contribution in [1.82, 2.24) is 4.98 Å². The molecule has 108 valence electrons. The normalized spacial score (nSPS) is 12.6. The second-order valence-corrected chi connectivity index (χ2v) is 4.11. The summed E-state index contributed by atoms with van der Waals surface area (Å²) in [6, 6.07) is 1.17. The Hall–Kier alpha value is -2.23. The first-order valence-electron chi connectivity index (χ1n) is 5.90. The van der Waals surface area contributed by atoms with E-state index < -0.39 is 23.8 Å². The van der Waals surface area contributed by atoms with Crippen LogP contribution in [0.4, 0.5) is 19.0 Å². The largest absolute Gasteiger partial charge is 0.433 e. The molecule has 1 atom stereocenters. The zero-order valence-electron chi connectivity index (χ0n) is 10.8. The monoisotopic (exact) mass is 285 g/mol. The topological polar surface area (TPSA) is 68.0 Å². The third-order valence-electron chi connectivity index (χ3n) is 2.54. The van der Waals surface area contributed by atoms with Crippen LogP contribution in [0.2, 0.25) is 0 Å². The van der Waals surface area contributed by atoms with Crippen LogP contribution in [0.25, 0.3) is 0 Å². The summed E-state index contributed by atoms with van der Waals surface area (Å²) in [7, 11) is 0. The molecule has 0 saturated carbocycles. The van der Waals surface area contributed by atoms with Gasteiger partial charge in [0.25, 0.3) is 5.91 Å². The molecule has 0 aliphatic carbocycles. The third-order valence-corrected chi connectivity index (χ3v) is 2.54. The molecule has 0 aromatic carbocycles. The summed E-state index contributed by atoms with van der Waals surface area (Å²) in [5.74, 6) is 1.27. The number of alkyl halides is 3. The molecule has 1 rings (SSSR count). The van der Waals surface area contributed by atoms with E-state index in [0.717, 1.165) is 12.5 Å². The number of nitrogens with two attached hydrogens (primary N) is 1. The van der Waals surface area contributed by atoms with Gasteiger partial charge in [-0.15, -0.1) is 6.42 Å². The fraction of sp³-hybridized carbons (Fsp3) is 0.385. The molecule has 0 radical (unpaired) electrons. The summed E-state index contributed by atoms with van der Waals surface area (Å²) >= 11 is 0. The van der Waals surface area contributed by atoms with Crippen molar-refractivity contribution in [2.24, 2.45) is 5.73 Å². The molecule has 1 aromatic heterocycles. The predicted octanol–water partition coefficient (Wildman–Crippen LogP) is 2.41. The molecule has 1 amide bonds. The van der Waals surface area contributed by atoms with E-state index in [0.29, 0.717) is 12.5 Å². The highest BCUT2D eigenvalue weighted by Gasteiger charge is 2.33. The number of aromatic nitrogens is 1. The Morgan fingerprint density at radius 2 is 2.20 bits per heavy atom. The number of nitrogens with one attached hydrogen (secondary N) is 1. The smallest absolute Gasteiger partial charge is 0.365 e. The number of anilines is 1. The Kier molecular flexibility index (Phi) is 4.97. The summed E-state index contributed by atoms with van der Waals surface area (Å²) < 4.78 is 37.9. The van der Waals surface area contributed by atoms with Gasteiger partial charge >= 0.3 is 6.18 Å². The highest BCUT2D eigenvalue weighted by Crippen LogP contribution is 2.29. The number of pyridine rings is 1. The fourth-order valence-corrected chi connectivity index (χ4v) is 1.58. The number of halogens is 3. The molecule has 0 saturated heterocycles. The predicted molar refractivity (Wildman–Crippen MR) is 68.9 cm³/mol. The van der Waals surface area contributed by atoms with Gasteiger partial charge in [-0.2, -0.15) is 13.2 Å². The fourth-order valence-electron chi connectivity index (χ4n) is 1.58. The van der Waals surface area contributed by atoms with Crippen LogP contribution in [0.15, 0.2) is 12.1 Å². The highest BCUT2D eigenvalue weighted by atomic mass is 19.4. The number of amides is 1. The summed E-state index contributed by atoms with van der Waals surface area (Å²) in [6.07, 6.45) is 1.93. The van der Waals surface area contributed by atoms with E-state index in [1.165, 1.54) is 0 Å². The maximum Gasteiger partial charge on any atom is 0.433 e. The lowest BCUT2D eigenvalue weighted by Gasteiger charge is -2.16. The lowest BCUT2D eigenvalue weighted by Crippen LogP contribution is -2.23. The molecule has 7 heteroatoms. The van der Waals surface area contributed by atoms with Crippen LogP contribution in [0.3, 0.4) is 0 Å². The molecule has 20 heavy (non-hydrogen) atoms. The van der Waals surface area contributed by atoms with Crippen molar-refractivity contribution in [3.63, 3.8) is 0 Å². The Labute approximate surface area is 114 Å². The van der Waals surface area contributed by atoms with Crippen LogP contribution in [0.1, 0.15) is 35.8 Å². The first-order chi connectivity index (χ1) is 9.29. The number of terminal acetylenes is 1. The van der Waals surface area contributed by atoms with Crippen molar-refractivity contribution < 1.29 is 18.0 Å². The zero-order valence-corrected chi connectivity index (χ0v) is 10.8.